The molecule has 52 valence electrons. The van der Waals surface area contributed by atoms with Gasteiger partial charge < -0.3 is 4.52 Å². The molecule has 0 bridgehead atoms. The predicted octanol–water partition coefficient (Wildman–Crippen LogP) is 2.66. The molecule has 0 N–H and O–H groups in total. The van der Waals surface area contributed by atoms with Crippen LogP contribution in [0.5, 0.6) is 0 Å². The maximum Gasteiger partial charge on any atom is 0.142 e. The Morgan fingerprint density at radius 2 is 2.11 bits per heavy atom. The Balaban J connectivity index is 0.000000291. The largest absolute Gasteiger partial charge is 0.363 e. The first-order valence-corrected chi connectivity index (χ1v) is 3.25. The van der Waals surface area contributed by atoms with E-state index in [1.165, 1.54) is 6.26 Å². The summed E-state index contributed by atoms with van der Waals surface area (Å²) >= 11 is 5.47. The number of aryl methyl sites for hydroxylation is 1. The first kappa shape index (κ1) is 8.50. The number of aromatic nitrogens is 1. The van der Waals surface area contributed by atoms with Gasteiger partial charge in [-0.05, 0) is 6.92 Å². The Morgan fingerprint density at radius 3 is 2.22 bits per heavy atom. The molecule has 1 rings (SSSR count). The zero-order valence-electron chi connectivity index (χ0n) is 5.81. The molecule has 0 aliphatic heterocycles. The second kappa shape index (κ2) is 4.39. The number of rotatable bonds is 0. The molecule has 0 radical (unpaired) electrons. The fraction of sp³-hybridized carbons (Fsp3) is 0.500. The van der Waals surface area contributed by atoms with Crippen molar-refractivity contribution in [3.63, 3.8) is 0 Å². The number of halogens is 1. The summed E-state index contributed by atoms with van der Waals surface area (Å²) in [6.45, 7) is 5.78. The van der Waals surface area contributed by atoms with Gasteiger partial charge in [0.05, 0.1) is 5.69 Å². The van der Waals surface area contributed by atoms with Crippen molar-refractivity contribution >= 4 is 11.6 Å². The van der Waals surface area contributed by atoms with E-state index in [1.54, 1.807) is 6.92 Å². The van der Waals surface area contributed by atoms with E-state index in [1.807, 2.05) is 13.8 Å². The van der Waals surface area contributed by atoms with Crippen LogP contribution >= 0.6 is 11.6 Å². The van der Waals surface area contributed by atoms with Crippen molar-refractivity contribution in [2.24, 2.45) is 0 Å². The summed E-state index contributed by atoms with van der Waals surface area (Å²) in [5, 5.41) is 4.09. The van der Waals surface area contributed by atoms with Crippen molar-refractivity contribution in [3.05, 3.63) is 17.0 Å². The standard InChI is InChI=1S/C4H4ClNO.C2H6/c1-3-4(5)2-7-6-3;1-2/h2H,1H3;1-2H3. The molecule has 0 saturated carbocycles. The molecule has 1 heterocycles. The van der Waals surface area contributed by atoms with Crippen LogP contribution in [-0.2, 0) is 0 Å². The fourth-order valence-electron chi connectivity index (χ4n) is 0.281. The average Bonchev–Trinajstić information content (AvgIpc) is 2.23. The lowest BCUT2D eigenvalue weighted by atomic mass is 10.5. The number of hydrogen-bond donors (Lipinski definition) is 0. The van der Waals surface area contributed by atoms with Gasteiger partial charge in [0.2, 0.25) is 0 Å². The Bertz CT molecular complexity index is 145. The molecule has 0 aliphatic rings. The van der Waals surface area contributed by atoms with Crippen LogP contribution in [0.2, 0.25) is 5.02 Å². The van der Waals surface area contributed by atoms with Gasteiger partial charge in [-0.2, -0.15) is 0 Å². The van der Waals surface area contributed by atoms with Gasteiger partial charge in [0.1, 0.15) is 11.3 Å². The molecule has 0 aromatic carbocycles. The fourth-order valence-corrected chi connectivity index (χ4v) is 0.355. The van der Waals surface area contributed by atoms with Gasteiger partial charge in [0, 0.05) is 0 Å². The molecule has 0 atom stereocenters. The van der Waals surface area contributed by atoms with Crippen molar-refractivity contribution < 1.29 is 4.52 Å². The maximum absolute atomic E-state index is 5.47. The van der Waals surface area contributed by atoms with Crippen molar-refractivity contribution in [1.82, 2.24) is 5.16 Å². The molecule has 9 heavy (non-hydrogen) atoms. The van der Waals surface area contributed by atoms with E-state index < -0.39 is 0 Å². The van der Waals surface area contributed by atoms with E-state index >= 15 is 0 Å². The highest BCUT2D eigenvalue weighted by Gasteiger charge is 1.93. The van der Waals surface area contributed by atoms with Crippen LogP contribution in [0.1, 0.15) is 19.5 Å². The summed E-state index contributed by atoms with van der Waals surface area (Å²) in [6.07, 6.45) is 1.40. The lowest BCUT2D eigenvalue weighted by Gasteiger charge is -1.71. The molecule has 0 unspecified atom stereocenters. The van der Waals surface area contributed by atoms with Gasteiger partial charge in [-0.3, -0.25) is 0 Å². The summed E-state index contributed by atoms with van der Waals surface area (Å²) in [6, 6.07) is 0. The Labute approximate surface area is 59.8 Å². The van der Waals surface area contributed by atoms with E-state index in [4.69, 9.17) is 11.6 Å². The normalized spacial score (nSPS) is 8.00. The topological polar surface area (TPSA) is 26.0 Å². The first-order chi connectivity index (χ1) is 4.30. The molecule has 0 aliphatic carbocycles. The van der Waals surface area contributed by atoms with Crippen molar-refractivity contribution in [2.45, 2.75) is 20.8 Å². The van der Waals surface area contributed by atoms with Gasteiger partial charge in [-0.25, -0.2) is 0 Å². The molecule has 3 heteroatoms. The molecular formula is C6H10ClNO. The van der Waals surface area contributed by atoms with Gasteiger partial charge in [0.15, 0.2) is 0 Å². The van der Waals surface area contributed by atoms with E-state index in [-0.39, 0.29) is 0 Å². The van der Waals surface area contributed by atoms with E-state index in [0.717, 1.165) is 5.69 Å². The minimum atomic E-state index is 0.583. The quantitative estimate of drug-likeness (QED) is 0.564. The van der Waals surface area contributed by atoms with Crippen LogP contribution in [0.15, 0.2) is 10.8 Å². The zero-order valence-corrected chi connectivity index (χ0v) is 6.57. The van der Waals surface area contributed by atoms with E-state index in [9.17, 15) is 0 Å². The third kappa shape index (κ3) is 2.51. The van der Waals surface area contributed by atoms with Gasteiger partial charge in [-0.15, -0.1) is 0 Å². The maximum atomic E-state index is 5.47. The van der Waals surface area contributed by atoms with Crippen LogP contribution < -0.4 is 0 Å². The van der Waals surface area contributed by atoms with Crippen LogP contribution in [0.25, 0.3) is 0 Å². The van der Waals surface area contributed by atoms with Crippen molar-refractivity contribution in [2.75, 3.05) is 0 Å². The summed E-state index contributed by atoms with van der Waals surface area (Å²) in [5.74, 6) is 0. The lowest BCUT2D eigenvalue weighted by molar-refractivity contribution is 0.415. The monoisotopic (exact) mass is 147 g/mol. The van der Waals surface area contributed by atoms with Gasteiger partial charge >= 0.3 is 0 Å². The third-order valence-electron chi connectivity index (χ3n) is 0.691. The smallest absolute Gasteiger partial charge is 0.142 e. The molecule has 1 aromatic rings. The zero-order chi connectivity index (χ0) is 7.28. The Morgan fingerprint density at radius 1 is 1.56 bits per heavy atom. The number of hydrogen-bond acceptors (Lipinski definition) is 2. The first-order valence-electron chi connectivity index (χ1n) is 2.87. The second-order valence-corrected chi connectivity index (χ2v) is 1.66. The van der Waals surface area contributed by atoms with E-state index in [0.29, 0.717) is 5.02 Å². The second-order valence-electron chi connectivity index (χ2n) is 1.25. The number of nitrogens with zero attached hydrogens (tertiary/aromatic N) is 1. The predicted molar refractivity (Wildman–Crippen MR) is 37.6 cm³/mol. The highest BCUT2D eigenvalue weighted by molar-refractivity contribution is 6.30. The average molecular weight is 148 g/mol. The molecule has 2 nitrogen and oxygen atoms in total. The summed E-state index contributed by atoms with van der Waals surface area (Å²) in [5.41, 5.74) is 0.738. The minimum Gasteiger partial charge on any atom is -0.363 e. The van der Waals surface area contributed by atoms with Crippen molar-refractivity contribution in [3.8, 4) is 0 Å². The van der Waals surface area contributed by atoms with Crippen LogP contribution in [0.4, 0.5) is 0 Å². The molecule has 0 spiro atoms. The highest BCUT2D eigenvalue weighted by Crippen LogP contribution is 2.10. The highest BCUT2D eigenvalue weighted by atomic mass is 35.5. The molecule has 0 saturated heterocycles. The van der Waals surface area contributed by atoms with Gasteiger partial charge in [0.25, 0.3) is 0 Å². The summed E-state index contributed by atoms with van der Waals surface area (Å²) in [7, 11) is 0. The molecule has 0 fully saturated rings. The van der Waals surface area contributed by atoms with Crippen molar-refractivity contribution in [1.29, 1.82) is 0 Å². The van der Waals surface area contributed by atoms with Crippen LogP contribution in [0, 0.1) is 6.92 Å². The van der Waals surface area contributed by atoms with Crippen LogP contribution in [-0.4, -0.2) is 5.16 Å². The Hall–Kier alpha value is -0.500. The molecule has 0 amide bonds. The minimum absolute atomic E-state index is 0.583. The lowest BCUT2D eigenvalue weighted by Crippen LogP contribution is -1.64. The van der Waals surface area contributed by atoms with Crippen LogP contribution in [0.3, 0.4) is 0 Å². The molecular weight excluding hydrogens is 138 g/mol. The molecule has 1 aromatic heterocycles. The summed E-state index contributed by atoms with van der Waals surface area (Å²) < 4.78 is 4.46. The SMILES string of the molecule is CC.Cc1nocc1Cl. The Kier molecular flexibility index (Phi) is 4.14. The van der Waals surface area contributed by atoms with E-state index in [2.05, 4.69) is 9.68 Å². The third-order valence-corrected chi connectivity index (χ3v) is 1.05. The van der Waals surface area contributed by atoms with Gasteiger partial charge in [-0.1, -0.05) is 30.6 Å². The summed E-state index contributed by atoms with van der Waals surface area (Å²) in [4.78, 5) is 0.